The van der Waals surface area contributed by atoms with Crippen molar-refractivity contribution in [3.8, 4) is 0 Å². The van der Waals surface area contributed by atoms with Crippen molar-refractivity contribution in [3.63, 3.8) is 0 Å². The summed E-state index contributed by atoms with van der Waals surface area (Å²) in [6.45, 7) is 6.29. The summed E-state index contributed by atoms with van der Waals surface area (Å²) in [6, 6.07) is 1.62. The summed E-state index contributed by atoms with van der Waals surface area (Å²) in [6.07, 6.45) is 11.7. The zero-order chi connectivity index (χ0) is 12.4. The maximum atomic E-state index is 3.80. The second kappa shape index (κ2) is 5.92. The third-order valence-electron chi connectivity index (χ3n) is 5.52. The van der Waals surface area contributed by atoms with E-state index >= 15 is 0 Å². The van der Waals surface area contributed by atoms with Gasteiger partial charge in [0, 0.05) is 25.2 Å². The van der Waals surface area contributed by atoms with Crippen molar-refractivity contribution < 1.29 is 0 Å². The molecule has 3 aliphatic rings. The van der Waals surface area contributed by atoms with E-state index in [1.807, 2.05) is 0 Å². The first kappa shape index (κ1) is 12.9. The number of rotatable bonds is 5. The maximum absolute atomic E-state index is 3.80. The smallest absolute Gasteiger partial charge is 0.0224 e. The fourth-order valence-electron chi connectivity index (χ4n) is 4.02. The average Bonchev–Trinajstić information content (AvgIpc) is 3.13. The van der Waals surface area contributed by atoms with Crippen LogP contribution in [-0.4, -0.2) is 36.6 Å². The lowest BCUT2D eigenvalue weighted by Gasteiger charge is -2.41. The molecule has 2 nitrogen and oxygen atoms in total. The summed E-state index contributed by atoms with van der Waals surface area (Å²) in [7, 11) is 0. The van der Waals surface area contributed by atoms with Gasteiger partial charge in [0.05, 0.1) is 0 Å². The topological polar surface area (TPSA) is 15.3 Å². The molecular formula is C16H30N2. The minimum absolute atomic E-state index is 0.807. The zero-order valence-electron chi connectivity index (χ0n) is 12.0. The van der Waals surface area contributed by atoms with E-state index in [0.717, 1.165) is 23.9 Å². The fourth-order valence-corrected chi connectivity index (χ4v) is 4.02. The van der Waals surface area contributed by atoms with Crippen LogP contribution >= 0.6 is 0 Å². The molecule has 0 spiro atoms. The Morgan fingerprint density at radius 3 is 2.56 bits per heavy atom. The van der Waals surface area contributed by atoms with Crippen LogP contribution in [0.2, 0.25) is 0 Å². The number of nitrogens with zero attached hydrogens (tertiary/aromatic N) is 1. The molecule has 0 aromatic heterocycles. The van der Waals surface area contributed by atoms with Gasteiger partial charge in [-0.05, 0) is 44.1 Å². The minimum Gasteiger partial charge on any atom is -0.311 e. The van der Waals surface area contributed by atoms with Gasteiger partial charge in [0.25, 0.3) is 0 Å². The van der Waals surface area contributed by atoms with Crippen LogP contribution in [-0.2, 0) is 0 Å². The largest absolute Gasteiger partial charge is 0.311 e. The van der Waals surface area contributed by atoms with Gasteiger partial charge in [-0.1, -0.05) is 32.6 Å². The zero-order valence-corrected chi connectivity index (χ0v) is 12.0. The average molecular weight is 250 g/mol. The third kappa shape index (κ3) is 3.08. The standard InChI is InChI=1S/C16H30N2/c1-2-15-11-17-16(14-7-8-14)12-18(15)10-9-13-5-3-4-6-13/h13-17H,2-12H2,1H3. The summed E-state index contributed by atoms with van der Waals surface area (Å²) >= 11 is 0. The molecule has 1 saturated heterocycles. The van der Waals surface area contributed by atoms with Crippen molar-refractivity contribution in [2.45, 2.75) is 70.4 Å². The molecule has 1 N–H and O–H groups in total. The van der Waals surface area contributed by atoms with Gasteiger partial charge in [0.15, 0.2) is 0 Å². The van der Waals surface area contributed by atoms with E-state index in [9.17, 15) is 0 Å². The molecular weight excluding hydrogens is 220 g/mol. The summed E-state index contributed by atoms with van der Waals surface area (Å²) in [5.74, 6) is 2.06. The minimum atomic E-state index is 0.807. The van der Waals surface area contributed by atoms with Crippen molar-refractivity contribution in [1.82, 2.24) is 10.2 Å². The first-order chi connectivity index (χ1) is 8.86. The highest BCUT2D eigenvalue weighted by Gasteiger charge is 2.36. The molecule has 0 radical (unpaired) electrons. The molecule has 0 bridgehead atoms. The van der Waals surface area contributed by atoms with Gasteiger partial charge in [-0.15, -0.1) is 0 Å². The van der Waals surface area contributed by atoms with Gasteiger partial charge in [-0.3, -0.25) is 4.90 Å². The summed E-state index contributed by atoms with van der Waals surface area (Å²) in [5.41, 5.74) is 0. The molecule has 2 unspecified atom stereocenters. The van der Waals surface area contributed by atoms with Crippen LogP contribution < -0.4 is 5.32 Å². The van der Waals surface area contributed by atoms with Gasteiger partial charge in [0.2, 0.25) is 0 Å². The fraction of sp³-hybridized carbons (Fsp3) is 1.00. The van der Waals surface area contributed by atoms with Crippen molar-refractivity contribution >= 4 is 0 Å². The Morgan fingerprint density at radius 2 is 1.89 bits per heavy atom. The Labute approximate surface area is 113 Å². The predicted octanol–water partition coefficient (Wildman–Crippen LogP) is 3.03. The van der Waals surface area contributed by atoms with Crippen LogP contribution in [0.4, 0.5) is 0 Å². The van der Waals surface area contributed by atoms with Crippen molar-refractivity contribution in [2.75, 3.05) is 19.6 Å². The van der Waals surface area contributed by atoms with Crippen molar-refractivity contribution in [1.29, 1.82) is 0 Å². The van der Waals surface area contributed by atoms with Gasteiger partial charge in [0.1, 0.15) is 0 Å². The molecule has 1 heterocycles. The Morgan fingerprint density at radius 1 is 1.11 bits per heavy atom. The maximum Gasteiger partial charge on any atom is 0.0224 e. The molecule has 2 atom stereocenters. The Balaban J connectivity index is 1.49. The monoisotopic (exact) mass is 250 g/mol. The van der Waals surface area contributed by atoms with Gasteiger partial charge in [-0.25, -0.2) is 0 Å². The third-order valence-corrected chi connectivity index (χ3v) is 5.52. The van der Waals surface area contributed by atoms with Crippen LogP contribution in [0.3, 0.4) is 0 Å². The lowest BCUT2D eigenvalue weighted by atomic mass is 10.00. The molecule has 18 heavy (non-hydrogen) atoms. The first-order valence-electron chi connectivity index (χ1n) is 8.34. The van der Waals surface area contributed by atoms with Crippen LogP contribution in [0.25, 0.3) is 0 Å². The lowest BCUT2D eigenvalue weighted by molar-refractivity contribution is 0.112. The molecule has 3 rings (SSSR count). The Kier molecular flexibility index (Phi) is 4.25. The van der Waals surface area contributed by atoms with Crippen LogP contribution in [0.15, 0.2) is 0 Å². The van der Waals surface area contributed by atoms with E-state index in [2.05, 4.69) is 17.1 Å². The summed E-state index contributed by atoms with van der Waals surface area (Å²) in [4.78, 5) is 2.82. The number of piperazine rings is 1. The van der Waals surface area contributed by atoms with E-state index in [0.29, 0.717) is 0 Å². The quantitative estimate of drug-likeness (QED) is 0.807. The molecule has 2 aliphatic carbocycles. The number of nitrogens with one attached hydrogen (secondary N) is 1. The molecule has 0 aromatic carbocycles. The van der Waals surface area contributed by atoms with E-state index in [-0.39, 0.29) is 0 Å². The molecule has 1 aliphatic heterocycles. The van der Waals surface area contributed by atoms with E-state index in [1.165, 1.54) is 71.0 Å². The normalized spacial score (nSPS) is 35.2. The SMILES string of the molecule is CCC1CNC(C2CC2)CN1CCC1CCCC1. The van der Waals surface area contributed by atoms with E-state index in [1.54, 1.807) is 0 Å². The van der Waals surface area contributed by atoms with E-state index < -0.39 is 0 Å². The van der Waals surface area contributed by atoms with Gasteiger partial charge >= 0.3 is 0 Å². The Hall–Kier alpha value is -0.0800. The number of hydrogen-bond donors (Lipinski definition) is 1. The highest BCUT2D eigenvalue weighted by atomic mass is 15.2. The molecule has 0 aromatic rings. The van der Waals surface area contributed by atoms with E-state index in [4.69, 9.17) is 0 Å². The summed E-state index contributed by atoms with van der Waals surface area (Å²) in [5, 5.41) is 3.80. The highest BCUT2D eigenvalue weighted by Crippen LogP contribution is 2.35. The molecule has 2 saturated carbocycles. The molecule has 0 amide bonds. The lowest BCUT2D eigenvalue weighted by Crippen LogP contribution is -2.57. The second-order valence-corrected chi connectivity index (χ2v) is 6.85. The number of hydrogen-bond acceptors (Lipinski definition) is 2. The van der Waals surface area contributed by atoms with Crippen LogP contribution in [0.1, 0.15) is 58.3 Å². The van der Waals surface area contributed by atoms with Crippen LogP contribution in [0.5, 0.6) is 0 Å². The second-order valence-electron chi connectivity index (χ2n) is 6.85. The predicted molar refractivity (Wildman–Crippen MR) is 76.7 cm³/mol. The van der Waals surface area contributed by atoms with Gasteiger partial charge < -0.3 is 5.32 Å². The van der Waals surface area contributed by atoms with Gasteiger partial charge in [-0.2, -0.15) is 0 Å². The summed E-state index contributed by atoms with van der Waals surface area (Å²) < 4.78 is 0. The molecule has 2 heteroatoms. The molecule has 3 fully saturated rings. The Bertz CT molecular complexity index is 256. The highest BCUT2D eigenvalue weighted by molar-refractivity contribution is 4.94. The van der Waals surface area contributed by atoms with Crippen LogP contribution in [0, 0.1) is 11.8 Å². The van der Waals surface area contributed by atoms with Crippen molar-refractivity contribution in [3.05, 3.63) is 0 Å². The molecule has 104 valence electrons. The van der Waals surface area contributed by atoms with Crippen molar-refractivity contribution in [2.24, 2.45) is 11.8 Å². The first-order valence-corrected chi connectivity index (χ1v) is 8.34.